The fraction of sp³-hybridized carbons (Fsp3) is 0.188. The lowest BCUT2D eigenvalue weighted by atomic mass is 9.98. The zero-order valence-corrected chi connectivity index (χ0v) is 11.4. The molecule has 0 bridgehead atoms. The number of hydrogen-bond acceptors (Lipinski definition) is 1. The maximum Gasteiger partial charge on any atom is 0.417 e. The summed E-state index contributed by atoms with van der Waals surface area (Å²) in [4.78, 5) is 11.3. The van der Waals surface area contributed by atoms with Crippen molar-refractivity contribution in [1.82, 2.24) is 0 Å². The van der Waals surface area contributed by atoms with E-state index in [-0.39, 0.29) is 23.6 Å². The van der Waals surface area contributed by atoms with Crippen LogP contribution in [0.15, 0.2) is 48.5 Å². The van der Waals surface area contributed by atoms with Crippen molar-refractivity contribution in [3.8, 4) is 11.1 Å². The van der Waals surface area contributed by atoms with Crippen molar-refractivity contribution in [3.05, 3.63) is 54.1 Å². The highest BCUT2D eigenvalue weighted by molar-refractivity contribution is 5.91. The van der Waals surface area contributed by atoms with Crippen LogP contribution in [0.25, 0.3) is 11.1 Å². The fourth-order valence-electron chi connectivity index (χ4n) is 1.98. The maximum absolute atomic E-state index is 13.2. The Kier molecular flexibility index (Phi) is 4.31. The third-order valence-electron chi connectivity index (χ3n) is 3.01. The molecular weight excluding hydrogens is 279 g/mol. The van der Waals surface area contributed by atoms with Crippen molar-refractivity contribution >= 4 is 11.6 Å². The number of anilines is 1. The second-order valence-electron chi connectivity index (χ2n) is 4.53. The Bertz CT molecular complexity index is 636. The number of benzene rings is 2. The third kappa shape index (κ3) is 3.62. The van der Waals surface area contributed by atoms with Crippen LogP contribution >= 0.6 is 0 Å². The molecule has 0 aliphatic carbocycles. The smallest absolute Gasteiger partial charge is 0.326 e. The van der Waals surface area contributed by atoms with Gasteiger partial charge < -0.3 is 5.32 Å². The standard InChI is InChI=1S/C16H14F3NO/c1-2-15(21)20-12-8-9-13(11-6-4-3-5-7-11)14(10-12)16(17,18)19/h3-10H,2H2,1H3,(H,20,21). The molecule has 2 aromatic rings. The van der Waals surface area contributed by atoms with Gasteiger partial charge in [-0.1, -0.05) is 43.3 Å². The van der Waals surface area contributed by atoms with Crippen LogP contribution in [-0.2, 0) is 11.0 Å². The normalized spacial score (nSPS) is 11.2. The molecule has 0 spiro atoms. The minimum absolute atomic E-state index is 0.0950. The van der Waals surface area contributed by atoms with Gasteiger partial charge in [0.25, 0.3) is 0 Å². The summed E-state index contributed by atoms with van der Waals surface area (Å²) in [6.07, 6.45) is -4.28. The van der Waals surface area contributed by atoms with E-state index in [9.17, 15) is 18.0 Å². The van der Waals surface area contributed by atoms with Gasteiger partial charge >= 0.3 is 6.18 Å². The lowest BCUT2D eigenvalue weighted by molar-refractivity contribution is -0.137. The van der Waals surface area contributed by atoms with Crippen molar-refractivity contribution in [3.63, 3.8) is 0 Å². The Morgan fingerprint density at radius 2 is 1.76 bits per heavy atom. The summed E-state index contributed by atoms with van der Waals surface area (Å²) in [7, 11) is 0. The van der Waals surface area contributed by atoms with Gasteiger partial charge in [-0.2, -0.15) is 13.2 Å². The number of halogens is 3. The van der Waals surface area contributed by atoms with E-state index in [0.29, 0.717) is 5.56 Å². The molecule has 0 atom stereocenters. The zero-order valence-electron chi connectivity index (χ0n) is 11.4. The molecular formula is C16H14F3NO. The molecule has 5 heteroatoms. The number of amides is 1. The summed E-state index contributed by atoms with van der Waals surface area (Å²) in [5.41, 5.74) is -0.0350. The molecule has 0 fully saturated rings. The molecule has 0 unspecified atom stereocenters. The Balaban J connectivity index is 2.49. The monoisotopic (exact) mass is 293 g/mol. The summed E-state index contributed by atoms with van der Waals surface area (Å²) in [6, 6.07) is 12.2. The predicted octanol–water partition coefficient (Wildman–Crippen LogP) is 4.72. The van der Waals surface area contributed by atoms with E-state index in [4.69, 9.17) is 0 Å². The van der Waals surface area contributed by atoms with E-state index in [1.807, 2.05) is 0 Å². The molecule has 2 rings (SSSR count). The SMILES string of the molecule is CCC(=O)Nc1ccc(-c2ccccc2)c(C(F)(F)F)c1. The highest BCUT2D eigenvalue weighted by Crippen LogP contribution is 2.38. The third-order valence-corrected chi connectivity index (χ3v) is 3.01. The molecule has 110 valence electrons. The summed E-state index contributed by atoms with van der Waals surface area (Å²) in [5.74, 6) is -0.324. The van der Waals surface area contributed by atoms with E-state index in [0.717, 1.165) is 6.07 Å². The van der Waals surface area contributed by atoms with Gasteiger partial charge in [-0.15, -0.1) is 0 Å². The zero-order chi connectivity index (χ0) is 15.5. The van der Waals surface area contributed by atoms with Gasteiger partial charge in [0.05, 0.1) is 5.56 Å². The minimum atomic E-state index is -4.49. The molecule has 0 heterocycles. The molecule has 1 N–H and O–H groups in total. The van der Waals surface area contributed by atoms with Gasteiger partial charge in [-0.05, 0) is 23.3 Å². The Morgan fingerprint density at radius 3 is 2.33 bits per heavy atom. The van der Waals surface area contributed by atoms with Crippen molar-refractivity contribution in [2.24, 2.45) is 0 Å². The first-order valence-corrected chi connectivity index (χ1v) is 6.48. The van der Waals surface area contributed by atoms with Crippen LogP contribution in [0.4, 0.5) is 18.9 Å². The average molecular weight is 293 g/mol. The summed E-state index contributed by atoms with van der Waals surface area (Å²) in [6.45, 7) is 1.64. The second-order valence-corrected chi connectivity index (χ2v) is 4.53. The topological polar surface area (TPSA) is 29.1 Å². The Morgan fingerprint density at radius 1 is 1.10 bits per heavy atom. The number of carbonyl (C=O) groups excluding carboxylic acids is 1. The van der Waals surface area contributed by atoms with Crippen molar-refractivity contribution < 1.29 is 18.0 Å². The number of alkyl halides is 3. The molecule has 2 aromatic carbocycles. The molecule has 0 saturated heterocycles. The average Bonchev–Trinajstić information content (AvgIpc) is 2.47. The van der Waals surface area contributed by atoms with Crippen LogP contribution < -0.4 is 5.32 Å². The van der Waals surface area contributed by atoms with E-state index in [1.54, 1.807) is 37.3 Å². The molecule has 0 radical (unpaired) electrons. The first kappa shape index (κ1) is 15.1. The quantitative estimate of drug-likeness (QED) is 0.871. The highest BCUT2D eigenvalue weighted by Gasteiger charge is 2.34. The molecule has 0 aliphatic rings. The van der Waals surface area contributed by atoms with Crippen LogP contribution in [0.1, 0.15) is 18.9 Å². The molecule has 0 aromatic heterocycles. The van der Waals surface area contributed by atoms with E-state index in [1.165, 1.54) is 12.1 Å². The molecule has 0 aliphatic heterocycles. The first-order valence-electron chi connectivity index (χ1n) is 6.48. The molecule has 21 heavy (non-hydrogen) atoms. The largest absolute Gasteiger partial charge is 0.417 e. The Hall–Kier alpha value is -2.30. The lowest BCUT2D eigenvalue weighted by Crippen LogP contribution is -2.12. The van der Waals surface area contributed by atoms with Crippen LogP contribution in [-0.4, -0.2) is 5.91 Å². The van der Waals surface area contributed by atoms with Crippen LogP contribution in [0.2, 0.25) is 0 Å². The van der Waals surface area contributed by atoms with E-state index >= 15 is 0 Å². The fourth-order valence-corrected chi connectivity index (χ4v) is 1.98. The van der Waals surface area contributed by atoms with Crippen LogP contribution in [0.5, 0.6) is 0 Å². The van der Waals surface area contributed by atoms with Crippen molar-refractivity contribution in [2.45, 2.75) is 19.5 Å². The first-order chi connectivity index (χ1) is 9.91. The van der Waals surface area contributed by atoms with Gasteiger partial charge in [0.15, 0.2) is 0 Å². The highest BCUT2D eigenvalue weighted by atomic mass is 19.4. The predicted molar refractivity (Wildman–Crippen MR) is 75.8 cm³/mol. The van der Waals surface area contributed by atoms with Crippen LogP contribution in [0.3, 0.4) is 0 Å². The van der Waals surface area contributed by atoms with E-state index < -0.39 is 11.7 Å². The van der Waals surface area contributed by atoms with Gasteiger partial charge in [0, 0.05) is 12.1 Å². The summed E-state index contributed by atoms with van der Waals surface area (Å²) >= 11 is 0. The number of rotatable bonds is 3. The molecule has 0 saturated carbocycles. The van der Waals surface area contributed by atoms with Gasteiger partial charge in [-0.25, -0.2) is 0 Å². The van der Waals surface area contributed by atoms with Crippen molar-refractivity contribution in [2.75, 3.05) is 5.32 Å². The lowest BCUT2D eigenvalue weighted by Gasteiger charge is -2.15. The number of carbonyl (C=O) groups is 1. The second kappa shape index (κ2) is 5.99. The van der Waals surface area contributed by atoms with Gasteiger partial charge in [0.1, 0.15) is 0 Å². The summed E-state index contributed by atoms with van der Waals surface area (Å²) < 4.78 is 39.7. The number of hydrogen-bond donors (Lipinski definition) is 1. The Labute approximate surface area is 120 Å². The molecule has 2 nitrogen and oxygen atoms in total. The van der Waals surface area contributed by atoms with Crippen molar-refractivity contribution in [1.29, 1.82) is 0 Å². The van der Waals surface area contributed by atoms with E-state index in [2.05, 4.69) is 5.32 Å². The van der Waals surface area contributed by atoms with Gasteiger partial charge in [0.2, 0.25) is 5.91 Å². The van der Waals surface area contributed by atoms with Gasteiger partial charge in [-0.3, -0.25) is 4.79 Å². The molecule has 1 amide bonds. The van der Waals surface area contributed by atoms with Crippen LogP contribution in [0, 0.1) is 0 Å². The summed E-state index contributed by atoms with van der Waals surface area (Å²) in [5, 5.41) is 2.44. The number of nitrogens with one attached hydrogen (secondary N) is 1. The maximum atomic E-state index is 13.2. The minimum Gasteiger partial charge on any atom is -0.326 e.